The molecule has 1 aliphatic carbocycles. The zero-order chi connectivity index (χ0) is 22.0. The van der Waals surface area contributed by atoms with E-state index in [2.05, 4.69) is 11.7 Å². The van der Waals surface area contributed by atoms with Crippen LogP contribution < -0.4 is 4.74 Å². The van der Waals surface area contributed by atoms with Crippen molar-refractivity contribution in [3.63, 3.8) is 0 Å². The molecule has 164 valence electrons. The van der Waals surface area contributed by atoms with Gasteiger partial charge in [-0.05, 0) is 83.7 Å². The molecule has 0 bridgehead atoms. The van der Waals surface area contributed by atoms with Gasteiger partial charge in [-0.1, -0.05) is 50.1 Å². The zero-order valence-electron chi connectivity index (χ0n) is 17.5. The number of hydrogen-bond donors (Lipinski definition) is 0. The van der Waals surface area contributed by atoms with Crippen LogP contribution in [0.25, 0.3) is 21.9 Å². The van der Waals surface area contributed by atoms with Crippen LogP contribution in [0, 0.1) is 11.7 Å². The van der Waals surface area contributed by atoms with Crippen LogP contribution in [0.4, 0.5) is 17.6 Å². The van der Waals surface area contributed by atoms with E-state index >= 15 is 0 Å². The van der Waals surface area contributed by atoms with Crippen molar-refractivity contribution in [2.24, 2.45) is 5.92 Å². The molecular weight excluding hydrogens is 404 g/mol. The smallest absolute Gasteiger partial charge is 0.406 e. The molecule has 0 N–H and O–H groups in total. The highest BCUT2D eigenvalue weighted by Crippen LogP contribution is 2.39. The highest BCUT2D eigenvalue weighted by Gasteiger charge is 2.31. The van der Waals surface area contributed by atoms with Crippen LogP contribution in [0.2, 0.25) is 0 Å². The fourth-order valence-electron chi connectivity index (χ4n) is 4.80. The van der Waals surface area contributed by atoms with E-state index < -0.39 is 6.36 Å². The van der Waals surface area contributed by atoms with E-state index in [4.69, 9.17) is 0 Å². The summed E-state index contributed by atoms with van der Waals surface area (Å²) in [6.07, 6.45) is 2.43. The third-order valence-electron chi connectivity index (χ3n) is 6.36. The quantitative estimate of drug-likeness (QED) is 0.368. The predicted molar refractivity (Wildman–Crippen MR) is 116 cm³/mol. The van der Waals surface area contributed by atoms with Gasteiger partial charge in [-0.15, -0.1) is 13.2 Å². The molecule has 4 rings (SSSR count). The molecule has 1 saturated carbocycles. The van der Waals surface area contributed by atoms with Crippen LogP contribution in [-0.2, 0) is 0 Å². The maximum atomic E-state index is 15.0. The molecule has 31 heavy (non-hydrogen) atoms. The lowest BCUT2D eigenvalue weighted by molar-refractivity contribution is -0.274. The van der Waals surface area contributed by atoms with Gasteiger partial charge >= 0.3 is 6.36 Å². The van der Waals surface area contributed by atoms with Crippen LogP contribution in [0.5, 0.6) is 5.75 Å². The Morgan fingerprint density at radius 3 is 2.26 bits per heavy atom. The standard InChI is InChI=1S/C26H26F4O/c1-2-3-17-4-6-18(7-5-17)21-11-13-24(25(27)16-21)22-9-8-20-15-23(31-26(28,29)30)12-10-19(20)14-22/h8-18H,2-7H2,1H3. The van der Waals surface area contributed by atoms with Crippen molar-refractivity contribution in [3.05, 3.63) is 66.0 Å². The summed E-state index contributed by atoms with van der Waals surface area (Å²) < 4.78 is 56.3. The Hall–Kier alpha value is -2.56. The fraction of sp³-hybridized carbons (Fsp3) is 0.385. The number of hydrogen-bond acceptors (Lipinski definition) is 1. The minimum absolute atomic E-state index is 0.260. The van der Waals surface area contributed by atoms with Crippen LogP contribution in [0.1, 0.15) is 56.9 Å². The zero-order valence-corrected chi connectivity index (χ0v) is 17.5. The molecule has 0 aliphatic heterocycles. The first-order valence-electron chi connectivity index (χ1n) is 10.9. The van der Waals surface area contributed by atoms with E-state index in [-0.39, 0.29) is 11.6 Å². The monoisotopic (exact) mass is 430 g/mol. The summed E-state index contributed by atoms with van der Waals surface area (Å²) in [7, 11) is 0. The topological polar surface area (TPSA) is 9.23 Å². The SMILES string of the molecule is CCCC1CCC(c2ccc(-c3ccc4cc(OC(F)(F)F)ccc4c3)c(F)c2)CC1. The first kappa shape index (κ1) is 21.7. The van der Waals surface area contributed by atoms with Gasteiger partial charge in [-0.2, -0.15) is 0 Å². The molecule has 0 spiro atoms. The third-order valence-corrected chi connectivity index (χ3v) is 6.36. The maximum absolute atomic E-state index is 15.0. The molecule has 0 aromatic heterocycles. The van der Waals surface area contributed by atoms with Gasteiger partial charge in [0.15, 0.2) is 0 Å². The van der Waals surface area contributed by atoms with Gasteiger partial charge in [0.2, 0.25) is 0 Å². The molecule has 3 aromatic carbocycles. The summed E-state index contributed by atoms with van der Waals surface area (Å²) in [4.78, 5) is 0. The Morgan fingerprint density at radius 2 is 1.58 bits per heavy atom. The Balaban J connectivity index is 1.53. The first-order valence-corrected chi connectivity index (χ1v) is 10.9. The molecular formula is C26H26F4O. The van der Waals surface area contributed by atoms with Crippen molar-refractivity contribution in [1.82, 2.24) is 0 Å². The number of fused-ring (bicyclic) bond motifs is 1. The number of ether oxygens (including phenoxy) is 1. The lowest BCUT2D eigenvalue weighted by atomic mass is 9.77. The molecule has 0 atom stereocenters. The van der Waals surface area contributed by atoms with Crippen molar-refractivity contribution >= 4 is 10.8 Å². The normalized spacial score (nSPS) is 19.5. The van der Waals surface area contributed by atoms with Gasteiger partial charge in [0, 0.05) is 5.56 Å². The van der Waals surface area contributed by atoms with Crippen LogP contribution in [0.15, 0.2) is 54.6 Å². The Labute approximate surface area is 180 Å². The summed E-state index contributed by atoms with van der Waals surface area (Å²) >= 11 is 0. The second-order valence-electron chi connectivity index (χ2n) is 8.52. The highest BCUT2D eigenvalue weighted by molar-refractivity contribution is 5.88. The van der Waals surface area contributed by atoms with E-state index in [1.54, 1.807) is 30.3 Å². The summed E-state index contributed by atoms with van der Waals surface area (Å²) in [5.74, 6) is 0.701. The Bertz CT molecular complexity index is 1050. The molecule has 1 aliphatic rings. The Morgan fingerprint density at radius 1 is 0.871 bits per heavy atom. The molecule has 1 fully saturated rings. The summed E-state index contributed by atoms with van der Waals surface area (Å²) in [5, 5.41) is 1.33. The van der Waals surface area contributed by atoms with Gasteiger partial charge < -0.3 is 4.74 Å². The lowest BCUT2D eigenvalue weighted by Gasteiger charge is -2.28. The predicted octanol–water partition coefficient (Wildman–Crippen LogP) is 8.62. The number of halogens is 4. The third kappa shape index (κ3) is 5.20. The largest absolute Gasteiger partial charge is 0.573 e. The van der Waals surface area contributed by atoms with Gasteiger partial charge in [0.1, 0.15) is 11.6 Å². The molecule has 3 aromatic rings. The molecule has 0 unspecified atom stereocenters. The number of alkyl halides is 3. The lowest BCUT2D eigenvalue weighted by Crippen LogP contribution is -2.16. The van der Waals surface area contributed by atoms with Crippen molar-refractivity contribution in [2.45, 2.75) is 57.7 Å². The van der Waals surface area contributed by atoms with Gasteiger partial charge in [-0.3, -0.25) is 0 Å². The fourth-order valence-corrected chi connectivity index (χ4v) is 4.80. The van der Waals surface area contributed by atoms with Crippen molar-refractivity contribution < 1.29 is 22.3 Å². The molecule has 0 amide bonds. The number of rotatable bonds is 5. The second kappa shape index (κ2) is 8.89. The molecule has 0 radical (unpaired) electrons. The Kier molecular flexibility index (Phi) is 6.22. The van der Waals surface area contributed by atoms with Crippen LogP contribution in [0.3, 0.4) is 0 Å². The van der Waals surface area contributed by atoms with Crippen molar-refractivity contribution in [1.29, 1.82) is 0 Å². The van der Waals surface area contributed by atoms with Crippen molar-refractivity contribution in [2.75, 3.05) is 0 Å². The molecule has 5 heteroatoms. The highest BCUT2D eigenvalue weighted by atomic mass is 19.4. The summed E-state index contributed by atoms with van der Waals surface area (Å²) in [6, 6.07) is 14.9. The molecule has 0 heterocycles. The van der Waals surface area contributed by atoms with Crippen molar-refractivity contribution in [3.8, 4) is 16.9 Å². The minimum Gasteiger partial charge on any atom is -0.406 e. The van der Waals surface area contributed by atoms with Crippen LogP contribution >= 0.6 is 0 Å². The minimum atomic E-state index is -4.73. The maximum Gasteiger partial charge on any atom is 0.573 e. The van der Waals surface area contributed by atoms with E-state index in [0.29, 0.717) is 22.4 Å². The van der Waals surface area contributed by atoms with E-state index in [0.717, 1.165) is 29.7 Å². The second-order valence-corrected chi connectivity index (χ2v) is 8.52. The molecule has 0 saturated heterocycles. The van der Waals surface area contributed by atoms with Gasteiger partial charge in [0.25, 0.3) is 0 Å². The average Bonchev–Trinajstić information content (AvgIpc) is 2.73. The molecule has 1 nitrogen and oxygen atoms in total. The summed E-state index contributed by atoms with van der Waals surface area (Å²) in [6.45, 7) is 2.22. The average molecular weight is 430 g/mol. The van der Waals surface area contributed by atoms with E-state index in [9.17, 15) is 17.6 Å². The van der Waals surface area contributed by atoms with E-state index in [1.165, 1.54) is 37.8 Å². The van der Waals surface area contributed by atoms with Gasteiger partial charge in [0.05, 0.1) is 0 Å². The first-order chi connectivity index (χ1) is 14.8. The number of benzene rings is 3. The van der Waals surface area contributed by atoms with E-state index in [1.807, 2.05) is 12.1 Å². The van der Waals surface area contributed by atoms with Crippen LogP contribution in [-0.4, -0.2) is 6.36 Å². The van der Waals surface area contributed by atoms with Gasteiger partial charge in [-0.25, -0.2) is 4.39 Å². The summed E-state index contributed by atoms with van der Waals surface area (Å²) in [5.41, 5.74) is 2.26.